The Hall–Kier alpha value is -1.96. The van der Waals surface area contributed by atoms with Crippen LogP contribution in [0.3, 0.4) is 0 Å². The van der Waals surface area contributed by atoms with Crippen LogP contribution >= 0.6 is 24.0 Å². The number of benzene rings is 2. The molecule has 26 heavy (non-hydrogen) atoms. The minimum atomic E-state index is -0.102. The molecule has 0 saturated heterocycles. The summed E-state index contributed by atoms with van der Waals surface area (Å²) in [4.78, 5) is 4.52. The molecule has 0 unspecified atom stereocenters. The van der Waals surface area contributed by atoms with Crippen molar-refractivity contribution in [1.82, 2.24) is 0 Å². The Balaban J connectivity index is 0.00000338. The summed E-state index contributed by atoms with van der Waals surface area (Å²) < 4.78 is 10.5. The third-order valence-electron chi connectivity index (χ3n) is 4.17. The molecule has 0 aromatic heterocycles. The van der Waals surface area contributed by atoms with Crippen LogP contribution < -0.4 is 20.5 Å². The highest BCUT2D eigenvalue weighted by atomic mass is 127. The fourth-order valence-electron chi connectivity index (χ4n) is 2.80. The first-order valence-electron chi connectivity index (χ1n) is 8.22. The van der Waals surface area contributed by atoms with Crippen LogP contribution in [0.1, 0.15) is 25.0 Å². The highest BCUT2D eigenvalue weighted by Crippen LogP contribution is 2.30. The SMILES string of the molecule is COc1ccc(NC(N)=NCC(C)(C)c2ccccc2C)cc1OC.I. The third kappa shape index (κ3) is 5.52. The van der Waals surface area contributed by atoms with Crippen molar-refractivity contribution >= 4 is 35.6 Å². The molecule has 6 heteroatoms. The van der Waals surface area contributed by atoms with Crippen molar-refractivity contribution in [2.75, 3.05) is 26.1 Å². The second-order valence-corrected chi connectivity index (χ2v) is 6.60. The topological polar surface area (TPSA) is 68.9 Å². The molecule has 0 saturated carbocycles. The van der Waals surface area contributed by atoms with Crippen LogP contribution in [-0.2, 0) is 5.41 Å². The number of anilines is 1. The molecule has 2 rings (SSSR count). The van der Waals surface area contributed by atoms with Crippen molar-refractivity contribution in [3.05, 3.63) is 53.6 Å². The summed E-state index contributed by atoms with van der Waals surface area (Å²) in [6, 6.07) is 13.9. The van der Waals surface area contributed by atoms with Crippen molar-refractivity contribution in [2.24, 2.45) is 10.7 Å². The Morgan fingerprint density at radius 3 is 2.35 bits per heavy atom. The first-order chi connectivity index (χ1) is 11.9. The van der Waals surface area contributed by atoms with Crippen LogP contribution in [0, 0.1) is 6.92 Å². The van der Waals surface area contributed by atoms with Gasteiger partial charge in [0.1, 0.15) is 0 Å². The summed E-state index contributed by atoms with van der Waals surface area (Å²) in [6.45, 7) is 7.04. The minimum Gasteiger partial charge on any atom is -0.493 e. The maximum absolute atomic E-state index is 6.06. The molecule has 0 heterocycles. The summed E-state index contributed by atoms with van der Waals surface area (Å²) in [5.41, 5.74) is 9.29. The lowest BCUT2D eigenvalue weighted by molar-refractivity contribution is 0.355. The molecule has 142 valence electrons. The van der Waals surface area contributed by atoms with Gasteiger partial charge in [-0.15, -0.1) is 24.0 Å². The molecular weight excluding hydrogens is 441 g/mol. The molecule has 3 N–H and O–H groups in total. The van der Waals surface area contributed by atoms with E-state index in [1.807, 2.05) is 24.3 Å². The molecule has 0 aliphatic heterocycles. The van der Waals surface area contributed by atoms with E-state index in [1.165, 1.54) is 11.1 Å². The molecule has 0 aliphatic carbocycles. The number of nitrogens with zero attached hydrogens (tertiary/aromatic N) is 1. The number of guanidine groups is 1. The van der Waals surface area contributed by atoms with E-state index in [0.29, 0.717) is 24.0 Å². The first kappa shape index (κ1) is 22.1. The fraction of sp³-hybridized carbons (Fsp3) is 0.350. The summed E-state index contributed by atoms with van der Waals surface area (Å²) in [5.74, 6) is 1.68. The molecule has 0 radical (unpaired) electrons. The van der Waals surface area contributed by atoms with Gasteiger partial charge in [-0.3, -0.25) is 4.99 Å². The van der Waals surface area contributed by atoms with Gasteiger partial charge in [0.2, 0.25) is 0 Å². The number of aryl methyl sites for hydroxylation is 1. The smallest absolute Gasteiger partial charge is 0.193 e. The number of rotatable bonds is 6. The van der Waals surface area contributed by atoms with Gasteiger partial charge in [0.05, 0.1) is 20.8 Å². The van der Waals surface area contributed by atoms with Gasteiger partial charge in [-0.05, 0) is 30.2 Å². The van der Waals surface area contributed by atoms with Crippen molar-refractivity contribution in [2.45, 2.75) is 26.2 Å². The van der Waals surface area contributed by atoms with E-state index in [4.69, 9.17) is 15.2 Å². The molecule has 5 nitrogen and oxygen atoms in total. The number of methoxy groups -OCH3 is 2. The van der Waals surface area contributed by atoms with E-state index < -0.39 is 0 Å². The zero-order chi connectivity index (χ0) is 18.4. The van der Waals surface area contributed by atoms with Gasteiger partial charge in [-0.2, -0.15) is 0 Å². The molecule has 2 aromatic carbocycles. The number of halogens is 1. The normalized spacial score (nSPS) is 11.5. The Labute approximate surface area is 173 Å². The molecular formula is C20H28IN3O2. The van der Waals surface area contributed by atoms with Crippen molar-refractivity contribution in [3.8, 4) is 11.5 Å². The van der Waals surface area contributed by atoms with Gasteiger partial charge in [0.15, 0.2) is 17.5 Å². The van der Waals surface area contributed by atoms with E-state index in [-0.39, 0.29) is 29.4 Å². The summed E-state index contributed by atoms with van der Waals surface area (Å²) in [5, 5.41) is 3.10. The molecule has 0 amide bonds. The Morgan fingerprint density at radius 1 is 1.08 bits per heavy atom. The molecule has 0 aliphatic rings. The summed E-state index contributed by atoms with van der Waals surface area (Å²) in [6.07, 6.45) is 0. The van der Waals surface area contributed by atoms with Gasteiger partial charge in [0.25, 0.3) is 0 Å². The predicted molar refractivity (Wildman–Crippen MR) is 119 cm³/mol. The van der Waals surface area contributed by atoms with Crippen molar-refractivity contribution in [3.63, 3.8) is 0 Å². The number of hydrogen-bond acceptors (Lipinski definition) is 3. The van der Waals surface area contributed by atoms with Crippen LogP contribution in [-0.4, -0.2) is 26.7 Å². The first-order valence-corrected chi connectivity index (χ1v) is 8.22. The maximum Gasteiger partial charge on any atom is 0.193 e. The van der Waals surface area contributed by atoms with E-state index >= 15 is 0 Å². The molecule has 2 aromatic rings. The largest absolute Gasteiger partial charge is 0.493 e. The summed E-state index contributed by atoms with van der Waals surface area (Å²) >= 11 is 0. The van der Waals surface area contributed by atoms with Gasteiger partial charge < -0.3 is 20.5 Å². The Bertz CT molecular complexity index is 760. The second kappa shape index (κ2) is 9.66. The van der Waals surface area contributed by atoms with Crippen LogP contribution in [0.4, 0.5) is 5.69 Å². The van der Waals surface area contributed by atoms with Crippen LogP contribution in [0.2, 0.25) is 0 Å². The van der Waals surface area contributed by atoms with Gasteiger partial charge in [0, 0.05) is 17.2 Å². The zero-order valence-electron chi connectivity index (χ0n) is 16.0. The zero-order valence-corrected chi connectivity index (χ0v) is 18.3. The second-order valence-electron chi connectivity index (χ2n) is 6.60. The number of ether oxygens (including phenoxy) is 2. The lowest BCUT2D eigenvalue weighted by Gasteiger charge is -2.25. The van der Waals surface area contributed by atoms with Crippen LogP contribution in [0.5, 0.6) is 11.5 Å². The average molecular weight is 469 g/mol. The average Bonchev–Trinajstić information content (AvgIpc) is 2.60. The number of aliphatic imine (C=N–C) groups is 1. The number of hydrogen-bond donors (Lipinski definition) is 2. The highest BCUT2D eigenvalue weighted by molar-refractivity contribution is 14.0. The quantitative estimate of drug-likeness (QED) is 0.376. The minimum absolute atomic E-state index is 0. The van der Waals surface area contributed by atoms with E-state index in [9.17, 15) is 0 Å². The predicted octanol–water partition coefficient (Wildman–Crippen LogP) is 4.33. The van der Waals surface area contributed by atoms with E-state index in [2.05, 4.69) is 49.3 Å². The van der Waals surface area contributed by atoms with Crippen LogP contribution in [0.15, 0.2) is 47.5 Å². The van der Waals surface area contributed by atoms with Gasteiger partial charge in [-0.25, -0.2) is 0 Å². The lowest BCUT2D eigenvalue weighted by atomic mass is 9.82. The Kier molecular flexibility index (Phi) is 8.20. The molecule has 0 atom stereocenters. The molecule has 0 spiro atoms. The maximum atomic E-state index is 6.06. The third-order valence-corrected chi connectivity index (χ3v) is 4.17. The van der Waals surface area contributed by atoms with Crippen molar-refractivity contribution in [1.29, 1.82) is 0 Å². The Morgan fingerprint density at radius 2 is 1.73 bits per heavy atom. The highest BCUT2D eigenvalue weighted by Gasteiger charge is 2.21. The van der Waals surface area contributed by atoms with Gasteiger partial charge in [-0.1, -0.05) is 38.1 Å². The van der Waals surface area contributed by atoms with E-state index in [1.54, 1.807) is 14.2 Å². The van der Waals surface area contributed by atoms with Crippen molar-refractivity contribution < 1.29 is 9.47 Å². The number of nitrogens with two attached hydrogens (primary N) is 1. The van der Waals surface area contributed by atoms with E-state index in [0.717, 1.165) is 5.69 Å². The molecule has 0 bridgehead atoms. The standard InChI is InChI=1S/C20H27N3O2.HI/c1-14-8-6-7-9-16(14)20(2,3)13-22-19(21)23-15-10-11-17(24-4)18(12-15)25-5;/h6-12H,13H2,1-5H3,(H3,21,22,23);1H. The lowest BCUT2D eigenvalue weighted by Crippen LogP contribution is -2.28. The number of nitrogens with one attached hydrogen (secondary N) is 1. The van der Waals surface area contributed by atoms with Gasteiger partial charge >= 0.3 is 0 Å². The fourth-order valence-corrected chi connectivity index (χ4v) is 2.80. The molecule has 0 fully saturated rings. The summed E-state index contributed by atoms with van der Waals surface area (Å²) in [7, 11) is 3.21. The van der Waals surface area contributed by atoms with Crippen LogP contribution in [0.25, 0.3) is 0 Å². The monoisotopic (exact) mass is 469 g/mol.